The third kappa shape index (κ3) is 4.98. The number of amides is 4. The molecular weight excluding hydrogens is 460 g/mol. The van der Waals surface area contributed by atoms with Crippen LogP contribution in [0, 0.1) is 10.1 Å². The normalized spacial score (nSPS) is 16.0. The molecule has 0 aromatic heterocycles. The number of nitro benzene ring substituents is 1. The van der Waals surface area contributed by atoms with E-state index < -0.39 is 15.7 Å². The predicted octanol–water partition coefficient (Wildman–Crippen LogP) is 3.41. The first-order valence-electron chi connectivity index (χ1n) is 11.0. The fourth-order valence-corrected chi connectivity index (χ4v) is 5.29. The van der Waals surface area contributed by atoms with Gasteiger partial charge in [0.05, 0.1) is 32.5 Å². The zero-order chi connectivity index (χ0) is 24.2. The van der Waals surface area contributed by atoms with Crippen molar-refractivity contribution < 1.29 is 23.5 Å². The van der Waals surface area contributed by atoms with Crippen molar-refractivity contribution in [1.82, 2.24) is 9.80 Å². The number of nitrogens with one attached hydrogen (secondary N) is 1. The highest BCUT2D eigenvalue weighted by Gasteiger charge is 2.34. The molecule has 0 spiro atoms. The van der Waals surface area contributed by atoms with Crippen LogP contribution in [-0.2, 0) is 10.8 Å². The third-order valence-corrected chi connectivity index (χ3v) is 7.27. The van der Waals surface area contributed by atoms with Crippen LogP contribution < -0.4 is 5.32 Å². The Hall–Kier alpha value is -3.60. The monoisotopic (exact) mass is 484 g/mol. The number of benzene rings is 2. The summed E-state index contributed by atoms with van der Waals surface area (Å²) in [4.78, 5) is 51.0. The van der Waals surface area contributed by atoms with Crippen LogP contribution >= 0.6 is 0 Å². The van der Waals surface area contributed by atoms with Gasteiger partial charge in [-0.2, -0.15) is 0 Å². The van der Waals surface area contributed by atoms with Crippen LogP contribution in [0.25, 0.3) is 0 Å². The summed E-state index contributed by atoms with van der Waals surface area (Å²) in [7, 11) is -1.56. The molecule has 4 amide bonds. The Labute approximate surface area is 198 Å². The summed E-state index contributed by atoms with van der Waals surface area (Å²) in [6, 6.07) is 10.3. The maximum atomic E-state index is 12.8. The average molecular weight is 485 g/mol. The summed E-state index contributed by atoms with van der Waals surface area (Å²) in [6.07, 6.45) is 2.72. The molecule has 2 aliphatic rings. The number of rotatable bonds is 8. The molecule has 0 radical (unpaired) electrons. The first-order chi connectivity index (χ1) is 16.3. The average Bonchev–Trinajstić information content (AvgIpc) is 3.45. The van der Waals surface area contributed by atoms with Crippen molar-refractivity contribution in [3.8, 4) is 0 Å². The van der Waals surface area contributed by atoms with Crippen LogP contribution in [-0.4, -0.2) is 62.2 Å². The van der Waals surface area contributed by atoms with E-state index in [9.17, 15) is 28.7 Å². The summed E-state index contributed by atoms with van der Waals surface area (Å²) in [6.45, 7) is 1.47. The van der Waals surface area contributed by atoms with Gasteiger partial charge in [0, 0.05) is 42.4 Å². The van der Waals surface area contributed by atoms with Crippen molar-refractivity contribution in [2.24, 2.45) is 0 Å². The summed E-state index contributed by atoms with van der Waals surface area (Å²) in [5.41, 5.74) is 0.737. The van der Waals surface area contributed by atoms with Gasteiger partial charge in [-0.1, -0.05) is 12.1 Å². The molecule has 178 valence electrons. The number of likely N-dealkylation sites (tertiary alicyclic amines) is 1. The quantitative estimate of drug-likeness (QED) is 0.264. The van der Waals surface area contributed by atoms with Gasteiger partial charge < -0.3 is 10.2 Å². The van der Waals surface area contributed by atoms with E-state index in [4.69, 9.17) is 0 Å². The lowest BCUT2D eigenvalue weighted by Gasteiger charge is -2.16. The smallest absolute Gasteiger partial charge is 0.321 e. The van der Waals surface area contributed by atoms with Crippen LogP contribution in [0.3, 0.4) is 0 Å². The van der Waals surface area contributed by atoms with E-state index in [0.717, 1.165) is 12.8 Å². The lowest BCUT2D eigenvalue weighted by Crippen LogP contribution is -2.32. The Bertz CT molecular complexity index is 1140. The highest BCUT2D eigenvalue weighted by molar-refractivity contribution is 7.85. The zero-order valence-corrected chi connectivity index (χ0v) is 19.2. The van der Waals surface area contributed by atoms with Crippen molar-refractivity contribution in [3.05, 3.63) is 63.7 Å². The predicted molar refractivity (Wildman–Crippen MR) is 125 cm³/mol. The molecule has 1 unspecified atom stereocenters. The molecule has 11 heteroatoms. The van der Waals surface area contributed by atoms with Crippen molar-refractivity contribution in [2.45, 2.75) is 30.6 Å². The van der Waals surface area contributed by atoms with Gasteiger partial charge in [-0.25, -0.2) is 4.79 Å². The maximum absolute atomic E-state index is 12.8. The van der Waals surface area contributed by atoms with Gasteiger partial charge in [-0.3, -0.25) is 28.8 Å². The first kappa shape index (κ1) is 23.6. The van der Waals surface area contributed by atoms with Crippen LogP contribution in [0.2, 0.25) is 0 Å². The Morgan fingerprint density at radius 3 is 2.29 bits per heavy atom. The number of imide groups is 1. The minimum absolute atomic E-state index is 0.198. The van der Waals surface area contributed by atoms with Gasteiger partial charge in [-0.05, 0) is 43.9 Å². The lowest BCUT2D eigenvalue weighted by atomic mass is 10.1. The molecule has 2 aromatic rings. The molecule has 0 bridgehead atoms. The molecular formula is C23H24N4O6S. The number of carbonyl (C=O) groups excluding carboxylic acids is 3. The minimum atomic E-state index is -1.56. The minimum Gasteiger partial charge on any atom is -0.325 e. The van der Waals surface area contributed by atoms with Gasteiger partial charge in [0.25, 0.3) is 17.5 Å². The number of non-ortho nitro benzene ring substituents is 1. The van der Waals surface area contributed by atoms with Gasteiger partial charge in [0.2, 0.25) is 0 Å². The molecule has 1 atom stereocenters. The first-order valence-corrected chi connectivity index (χ1v) is 12.4. The van der Waals surface area contributed by atoms with Gasteiger partial charge in [0.1, 0.15) is 0 Å². The lowest BCUT2D eigenvalue weighted by molar-refractivity contribution is -0.385. The van der Waals surface area contributed by atoms with E-state index in [-0.39, 0.29) is 46.4 Å². The van der Waals surface area contributed by atoms with Crippen LogP contribution in [0.1, 0.15) is 46.4 Å². The molecule has 10 nitrogen and oxygen atoms in total. The summed E-state index contributed by atoms with van der Waals surface area (Å²) in [5, 5.41) is 14.0. The van der Waals surface area contributed by atoms with E-state index in [2.05, 4.69) is 5.32 Å². The number of nitro groups is 1. The van der Waals surface area contributed by atoms with E-state index >= 15 is 0 Å². The molecule has 1 fully saturated rings. The zero-order valence-electron chi connectivity index (χ0n) is 18.4. The number of nitrogens with zero attached hydrogens (tertiary/aromatic N) is 3. The third-order valence-electron chi connectivity index (χ3n) is 5.85. The van der Waals surface area contributed by atoms with E-state index in [1.54, 1.807) is 29.2 Å². The van der Waals surface area contributed by atoms with Crippen molar-refractivity contribution in [2.75, 3.05) is 30.7 Å². The second-order valence-corrected chi connectivity index (χ2v) is 9.73. The van der Waals surface area contributed by atoms with E-state index in [1.807, 2.05) is 0 Å². The SMILES string of the molecule is O=C(Nc1cc([N+](=O)[O-])cc(S(=O)CCCCN2C(=O)c3ccccc3C2=O)c1)N1CCCC1. The maximum Gasteiger partial charge on any atom is 0.321 e. The number of hydrogen-bond donors (Lipinski definition) is 1. The van der Waals surface area contributed by atoms with Gasteiger partial charge >= 0.3 is 6.03 Å². The second kappa shape index (κ2) is 10.1. The van der Waals surface area contributed by atoms with Gasteiger partial charge in [-0.15, -0.1) is 0 Å². The number of carbonyl (C=O) groups is 3. The Kier molecular flexibility index (Phi) is 7.01. The van der Waals surface area contributed by atoms with Crippen molar-refractivity contribution in [1.29, 1.82) is 0 Å². The Morgan fingerprint density at radius 2 is 1.68 bits per heavy atom. The van der Waals surface area contributed by atoms with Crippen LogP contribution in [0.15, 0.2) is 47.4 Å². The summed E-state index contributed by atoms with van der Waals surface area (Å²) >= 11 is 0. The Morgan fingerprint density at radius 1 is 1.03 bits per heavy atom. The molecule has 2 aliphatic heterocycles. The molecule has 4 rings (SSSR count). The number of unbranched alkanes of at least 4 members (excludes halogenated alkanes) is 1. The highest BCUT2D eigenvalue weighted by Crippen LogP contribution is 2.25. The fraction of sp³-hybridized carbons (Fsp3) is 0.348. The second-order valence-electron chi connectivity index (χ2n) is 8.16. The number of fused-ring (bicyclic) bond motifs is 1. The summed E-state index contributed by atoms with van der Waals surface area (Å²) in [5.74, 6) is -0.471. The number of urea groups is 1. The number of hydrogen-bond acceptors (Lipinski definition) is 6. The molecule has 2 aromatic carbocycles. The van der Waals surface area contributed by atoms with E-state index in [1.165, 1.54) is 23.1 Å². The molecule has 1 saturated heterocycles. The molecule has 0 saturated carbocycles. The topological polar surface area (TPSA) is 130 Å². The van der Waals surface area contributed by atoms with Crippen molar-refractivity contribution in [3.63, 3.8) is 0 Å². The molecule has 34 heavy (non-hydrogen) atoms. The molecule has 2 heterocycles. The largest absolute Gasteiger partial charge is 0.325 e. The summed E-state index contributed by atoms with van der Waals surface area (Å²) < 4.78 is 12.8. The fourth-order valence-electron chi connectivity index (χ4n) is 4.08. The van der Waals surface area contributed by atoms with Gasteiger partial charge in [0.15, 0.2) is 0 Å². The van der Waals surface area contributed by atoms with Crippen LogP contribution in [0.4, 0.5) is 16.2 Å². The molecule has 0 aliphatic carbocycles. The number of anilines is 1. The highest BCUT2D eigenvalue weighted by atomic mass is 32.2. The van der Waals surface area contributed by atoms with Crippen molar-refractivity contribution >= 4 is 40.0 Å². The van der Waals surface area contributed by atoms with Crippen LogP contribution in [0.5, 0.6) is 0 Å². The Balaban J connectivity index is 1.35. The molecule has 1 N–H and O–H groups in total. The standard InChI is InChI=1S/C23H24N4O6S/c28-21-19-7-1-2-8-20(19)22(29)26(21)11-5-6-12-34(33)18-14-16(13-17(15-18)27(31)32)24-23(30)25-9-3-4-10-25/h1-2,7-8,13-15H,3-6,9-12H2,(H,24,30). The van der Waals surface area contributed by atoms with E-state index in [0.29, 0.717) is 37.1 Å².